The van der Waals surface area contributed by atoms with Crippen LogP contribution in [0, 0.1) is 5.92 Å². The minimum atomic E-state index is -4.37. The third kappa shape index (κ3) is 1.99. The van der Waals surface area contributed by atoms with Crippen LogP contribution in [0.3, 0.4) is 0 Å². The van der Waals surface area contributed by atoms with Crippen LogP contribution in [0.1, 0.15) is 13.8 Å². The van der Waals surface area contributed by atoms with Gasteiger partial charge in [-0.2, -0.15) is 8.42 Å². The van der Waals surface area contributed by atoms with Gasteiger partial charge in [-0.15, -0.1) is 0 Å². The second-order valence-electron chi connectivity index (χ2n) is 2.19. The van der Waals surface area contributed by atoms with Crippen LogP contribution in [0.2, 0.25) is 0 Å². The van der Waals surface area contributed by atoms with Gasteiger partial charge in [-0.05, 0) is 0 Å². The average Bonchev–Trinajstić information content (AvgIpc) is 1.62. The molecule has 0 atom stereocenters. The minimum Gasteiger partial charge on any atom is -0.283 e. The summed E-state index contributed by atoms with van der Waals surface area (Å²) in [4.78, 5) is 0. The zero-order valence-electron chi connectivity index (χ0n) is 5.51. The van der Waals surface area contributed by atoms with Crippen LogP contribution >= 0.6 is 23.2 Å². The number of alkyl halides is 2. The van der Waals surface area contributed by atoms with Gasteiger partial charge in [-0.25, -0.2) is 0 Å². The number of halogens is 2. The van der Waals surface area contributed by atoms with Crippen molar-refractivity contribution >= 4 is 33.3 Å². The third-order valence-electron chi connectivity index (χ3n) is 1.02. The maximum atomic E-state index is 10.4. The van der Waals surface area contributed by atoms with Gasteiger partial charge in [0.2, 0.25) is 3.67 Å². The normalized spacial score (nSPS) is 14.2. The van der Waals surface area contributed by atoms with Crippen molar-refractivity contribution in [2.75, 3.05) is 0 Å². The molecular formula is C4H8Cl2O3S. The molecule has 0 saturated carbocycles. The predicted molar refractivity (Wildman–Crippen MR) is 40.8 cm³/mol. The minimum absolute atomic E-state index is 0.550. The van der Waals surface area contributed by atoms with E-state index in [1.807, 2.05) is 0 Å². The predicted octanol–water partition coefficient (Wildman–Crippen LogP) is 1.66. The van der Waals surface area contributed by atoms with Crippen LogP contribution in [0.4, 0.5) is 0 Å². The molecule has 6 heteroatoms. The summed E-state index contributed by atoms with van der Waals surface area (Å²) in [5.41, 5.74) is 0. The summed E-state index contributed by atoms with van der Waals surface area (Å²) in [6, 6.07) is 0. The zero-order chi connectivity index (χ0) is 8.58. The van der Waals surface area contributed by atoms with Gasteiger partial charge in [0.1, 0.15) is 0 Å². The SMILES string of the molecule is CC(C)C(Cl)(Cl)S(=O)(=O)O. The Morgan fingerprint density at radius 1 is 1.40 bits per heavy atom. The van der Waals surface area contributed by atoms with Crippen molar-refractivity contribution in [3.63, 3.8) is 0 Å². The van der Waals surface area contributed by atoms with Gasteiger partial charge in [0.15, 0.2) is 0 Å². The molecule has 0 spiro atoms. The molecule has 0 aliphatic rings. The lowest BCUT2D eigenvalue weighted by molar-refractivity contribution is 0.457. The monoisotopic (exact) mass is 206 g/mol. The molecule has 0 aromatic rings. The van der Waals surface area contributed by atoms with Crippen molar-refractivity contribution in [3.8, 4) is 0 Å². The largest absolute Gasteiger partial charge is 0.299 e. The molecule has 1 N–H and O–H groups in total. The first kappa shape index (κ1) is 10.5. The van der Waals surface area contributed by atoms with Gasteiger partial charge in [0.05, 0.1) is 0 Å². The van der Waals surface area contributed by atoms with Crippen LogP contribution in [0.25, 0.3) is 0 Å². The van der Waals surface area contributed by atoms with Gasteiger partial charge in [0, 0.05) is 5.92 Å². The summed E-state index contributed by atoms with van der Waals surface area (Å²) < 4.78 is 27.1. The van der Waals surface area contributed by atoms with Crippen molar-refractivity contribution in [1.82, 2.24) is 0 Å². The van der Waals surface area contributed by atoms with Gasteiger partial charge in [-0.3, -0.25) is 4.55 Å². The van der Waals surface area contributed by atoms with E-state index in [1.54, 1.807) is 0 Å². The summed E-state index contributed by atoms with van der Waals surface area (Å²) in [6.45, 7) is 2.99. The lowest BCUT2D eigenvalue weighted by Gasteiger charge is -2.19. The molecule has 0 bridgehead atoms. The third-order valence-corrected chi connectivity index (χ3v) is 4.22. The average molecular weight is 207 g/mol. The Morgan fingerprint density at radius 2 is 1.70 bits per heavy atom. The molecule has 10 heavy (non-hydrogen) atoms. The van der Waals surface area contributed by atoms with Crippen molar-refractivity contribution in [3.05, 3.63) is 0 Å². The molecule has 62 valence electrons. The molecule has 0 unspecified atom stereocenters. The highest BCUT2D eigenvalue weighted by molar-refractivity contribution is 7.90. The fourth-order valence-electron chi connectivity index (χ4n) is 0.298. The first-order chi connectivity index (χ1) is 4.19. The Hall–Kier alpha value is 0.490. The number of rotatable bonds is 2. The zero-order valence-corrected chi connectivity index (χ0v) is 7.83. The second-order valence-corrected chi connectivity index (χ2v) is 5.62. The van der Waals surface area contributed by atoms with E-state index in [-0.39, 0.29) is 0 Å². The first-order valence-electron chi connectivity index (χ1n) is 2.54. The summed E-state index contributed by atoms with van der Waals surface area (Å²) in [5.74, 6) is -0.550. The second kappa shape index (κ2) is 2.85. The van der Waals surface area contributed by atoms with Gasteiger partial charge < -0.3 is 0 Å². The maximum Gasteiger partial charge on any atom is 0.299 e. The van der Waals surface area contributed by atoms with Gasteiger partial charge in [-0.1, -0.05) is 37.0 Å². The molecule has 0 aromatic heterocycles. The Balaban J connectivity index is 4.76. The van der Waals surface area contributed by atoms with Crippen molar-refractivity contribution in [2.24, 2.45) is 5.92 Å². The van der Waals surface area contributed by atoms with Crippen LogP contribution < -0.4 is 0 Å². The van der Waals surface area contributed by atoms with E-state index in [9.17, 15) is 8.42 Å². The molecule has 0 aliphatic carbocycles. The van der Waals surface area contributed by atoms with Crippen molar-refractivity contribution in [2.45, 2.75) is 17.5 Å². The van der Waals surface area contributed by atoms with E-state index < -0.39 is 19.7 Å². The van der Waals surface area contributed by atoms with Gasteiger partial charge >= 0.3 is 0 Å². The molecule has 0 aromatic carbocycles. The lowest BCUT2D eigenvalue weighted by atomic mass is 10.3. The number of hydrogen-bond donors (Lipinski definition) is 1. The fourth-order valence-corrected chi connectivity index (χ4v) is 0.894. The molecule has 0 amide bonds. The van der Waals surface area contributed by atoms with Crippen molar-refractivity contribution in [1.29, 1.82) is 0 Å². The summed E-state index contributed by atoms with van der Waals surface area (Å²) >= 11 is 10.5. The molecule has 0 saturated heterocycles. The highest BCUT2D eigenvalue weighted by Crippen LogP contribution is 2.34. The fraction of sp³-hybridized carbons (Fsp3) is 1.00. The van der Waals surface area contributed by atoms with Crippen LogP contribution in [-0.2, 0) is 10.1 Å². The Morgan fingerprint density at radius 3 is 1.70 bits per heavy atom. The Labute approximate surface area is 70.1 Å². The summed E-state index contributed by atoms with van der Waals surface area (Å²) in [7, 11) is -4.37. The number of hydrogen-bond acceptors (Lipinski definition) is 2. The molecular weight excluding hydrogens is 199 g/mol. The van der Waals surface area contributed by atoms with Crippen LogP contribution in [0.15, 0.2) is 0 Å². The van der Waals surface area contributed by atoms with E-state index >= 15 is 0 Å². The summed E-state index contributed by atoms with van der Waals surface area (Å²) in [6.07, 6.45) is 0. The van der Waals surface area contributed by atoms with E-state index in [4.69, 9.17) is 27.8 Å². The summed E-state index contributed by atoms with van der Waals surface area (Å²) in [5, 5.41) is 0. The molecule has 0 heterocycles. The van der Waals surface area contributed by atoms with Crippen molar-refractivity contribution < 1.29 is 13.0 Å². The van der Waals surface area contributed by atoms with Gasteiger partial charge in [0.25, 0.3) is 10.1 Å². The Bertz CT molecular complexity index is 207. The van der Waals surface area contributed by atoms with E-state index in [0.29, 0.717) is 0 Å². The standard InChI is InChI=1S/C4H8Cl2O3S/c1-3(2)4(5,6)10(7,8)9/h3H,1-2H3,(H,7,8,9). The van der Waals surface area contributed by atoms with Crippen LogP contribution in [0.5, 0.6) is 0 Å². The lowest BCUT2D eigenvalue weighted by Crippen LogP contribution is -2.31. The highest BCUT2D eigenvalue weighted by atomic mass is 35.5. The van der Waals surface area contributed by atoms with E-state index in [1.165, 1.54) is 13.8 Å². The van der Waals surface area contributed by atoms with E-state index in [0.717, 1.165) is 0 Å². The topological polar surface area (TPSA) is 54.4 Å². The maximum absolute atomic E-state index is 10.4. The molecule has 3 nitrogen and oxygen atoms in total. The first-order valence-corrected chi connectivity index (χ1v) is 4.74. The van der Waals surface area contributed by atoms with E-state index in [2.05, 4.69) is 0 Å². The molecule has 0 fully saturated rings. The highest BCUT2D eigenvalue weighted by Gasteiger charge is 2.41. The quantitative estimate of drug-likeness (QED) is 0.553. The Kier molecular flexibility index (Phi) is 2.99. The molecule has 0 aliphatic heterocycles. The smallest absolute Gasteiger partial charge is 0.283 e. The molecule has 0 radical (unpaired) electrons. The molecule has 0 rings (SSSR count). The van der Waals surface area contributed by atoms with Crippen LogP contribution in [-0.4, -0.2) is 16.6 Å².